The maximum Gasteiger partial charge on any atom is 0.338 e. The second-order valence-electron chi connectivity index (χ2n) is 3.95. The van der Waals surface area contributed by atoms with Crippen molar-refractivity contribution >= 4 is 23.3 Å². The molecule has 2 N–H and O–H groups in total. The Morgan fingerprint density at radius 3 is 2.53 bits per heavy atom. The van der Waals surface area contributed by atoms with Gasteiger partial charge in [0.2, 0.25) is 0 Å². The molecular weight excluding hydrogens is 269 g/mol. The van der Waals surface area contributed by atoms with Gasteiger partial charge < -0.3 is 10.5 Å². The molecule has 0 aliphatic rings. The predicted molar refractivity (Wildman–Crippen MR) is 71.4 cm³/mol. The van der Waals surface area contributed by atoms with Crippen LogP contribution in [0.2, 0.25) is 5.02 Å². The third kappa shape index (κ3) is 3.45. The van der Waals surface area contributed by atoms with Crippen LogP contribution in [0.5, 0.6) is 0 Å². The Balaban J connectivity index is 2.00. The van der Waals surface area contributed by atoms with Crippen molar-refractivity contribution in [3.8, 4) is 0 Å². The molecule has 0 aliphatic heterocycles. The van der Waals surface area contributed by atoms with Gasteiger partial charge in [-0.1, -0.05) is 17.7 Å². The van der Waals surface area contributed by atoms with Crippen LogP contribution in [0.1, 0.15) is 15.9 Å². The van der Waals surface area contributed by atoms with Crippen LogP contribution >= 0.6 is 11.6 Å². The maximum absolute atomic E-state index is 13.2. The number of nitrogens with two attached hydrogens (primary N) is 1. The van der Waals surface area contributed by atoms with Crippen LogP contribution in [0.25, 0.3) is 0 Å². The highest BCUT2D eigenvalue weighted by Gasteiger charge is 2.08. The third-order valence-corrected chi connectivity index (χ3v) is 2.81. The van der Waals surface area contributed by atoms with Crippen molar-refractivity contribution in [3.05, 3.63) is 64.4 Å². The van der Waals surface area contributed by atoms with E-state index in [1.807, 2.05) is 0 Å². The third-order valence-electron chi connectivity index (χ3n) is 2.50. The van der Waals surface area contributed by atoms with Crippen LogP contribution in [0.3, 0.4) is 0 Å². The van der Waals surface area contributed by atoms with E-state index in [2.05, 4.69) is 0 Å². The summed E-state index contributed by atoms with van der Waals surface area (Å²) in [6, 6.07) is 10.6. The average Bonchev–Trinajstić information content (AvgIpc) is 2.40. The molecule has 2 aromatic carbocycles. The second kappa shape index (κ2) is 5.71. The Labute approximate surface area is 114 Å². The first-order valence-corrected chi connectivity index (χ1v) is 5.90. The van der Waals surface area contributed by atoms with Gasteiger partial charge in [0.05, 0.1) is 10.6 Å². The van der Waals surface area contributed by atoms with Gasteiger partial charge in [-0.25, -0.2) is 9.18 Å². The molecule has 0 amide bonds. The Kier molecular flexibility index (Phi) is 4.02. The van der Waals surface area contributed by atoms with E-state index in [1.165, 1.54) is 12.1 Å². The molecule has 5 heteroatoms. The first kappa shape index (κ1) is 13.4. The zero-order chi connectivity index (χ0) is 13.8. The maximum atomic E-state index is 13.2. The van der Waals surface area contributed by atoms with Gasteiger partial charge >= 0.3 is 5.97 Å². The van der Waals surface area contributed by atoms with Crippen LogP contribution in [-0.2, 0) is 11.3 Å². The summed E-state index contributed by atoms with van der Waals surface area (Å²) in [5.74, 6) is -1.03. The molecular formula is C14H11ClFNO2. The first-order chi connectivity index (χ1) is 9.06. The number of esters is 1. The molecule has 98 valence electrons. The Morgan fingerprint density at radius 1 is 1.21 bits per heavy atom. The molecule has 0 saturated heterocycles. The molecule has 2 rings (SSSR count). The number of ether oxygens (including phenoxy) is 1. The summed E-state index contributed by atoms with van der Waals surface area (Å²) < 4.78 is 18.2. The predicted octanol–water partition coefficient (Wildman–Crippen LogP) is 3.42. The fraction of sp³-hybridized carbons (Fsp3) is 0.0714. The van der Waals surface area contributed by atoms with Crippen LogP contribution in [0.15, 0.2) is 42.5 Å². The topological polar surface area (TPSA) is 52.3 Å². The highest BCUT2D eigenvalue weighted by Crippen LogP contribution is 2.16. The van der Waals surface area contributed by atoms with Gasteiger partial charge in [-0.15, -0.1) is 0 Å². The molecule has 0 bridgehead atoms. The van der Waals surface area contributed by atoms with E-state index >= 15 is 0 Å². The number of carbonyl (C=O) groups is 1. The summed E-state index contributed by atoms with van der Waals surface area (Å²) in [5.41, 5.74) is 7.01. The number of halogens is 2. The van der Waals surface area contributed by atoms with E-state index < -0.39 is 11.8 Å². The quantitative estimate of drug-likeness (QED) is 0.692. The Hall–Kier alpha value is -2.07. The van der Waals surface area contributed by atoms with Gasteiger partial charge in [0, 0.05) is 5.69 Å². The van der Waals surface area contributed by atoms with Crippen molar-refractivity contribution in [3.63, 3.8) is 0 Å². The number of rotatable bonds is 3. The number of carbonyl (C=O) groups excluding carboxylic acids is 1. The number of benzene rings is 2. The monoisotopic (exact) mass is 279 g/mol. The van der Waals surface area contributed by atoms with Crippen molar-refractivity contribution in [2.24, 2.45) is 0 Å². The lowest BCUT2D eigenvalue weighted by Crippen LogP contribution is -2.05. The molecule has 0 atom stereocenters. The molecule has 0 spiro atoms. The van der Waals surface area contributed by atoms with Crippen molar-refractivity contribution in [2.45, 2.75) is 6.61 Å². The van der Waals surface area contributed by atoms with Crippen LogP contribution < -0.4 is 5.73 Å². The van der Waals surface area contributed by atoms with E-state index in [-0.39, 0.29) is 11.6 Å². The van der Waals surface area contributed by atoms with Crippen molar-refractivity contribution in [1.82, 2.24) is 0 Å². The fourth-order valence-corrected chi connectivity index (χ4v) is 1.60. The zero-order valence-electron chi connectivity index (χ0n) is 9.90. The smallest absolute Gasteiger partial charge is 0.338 e. The number of hydrogen-bond donors (Lipinski definition) is 1. The summed E-state index contributed by atoms with van der Waals surface area (Å²) in [5, 5.41) is 0.0358. The van der Waals surface area contributed by atoms with Crippen LogP contribution in [0, 0.1) is 5.82 Å². The van der Waals surface area contributed by atoms with Crippen LogP contribution in [0.4, 0.5) is 10.1 Å². The van der Waals surface area contributed by atoms with Gasteiger partial charge in [-0.3, -0.25) is 0 Å². The minimum Gasteiger partial charge on any atom is -0.457 e. The molecule has 19 heavy (non-hydrogen) atoms. The van der Waals surface area contributed by atoms with E-state index in [0.29, 0.717) is 16.8 Å². The Bertz CT molecular complexity index is 599. The largest absolute Gasteiger partial charge is 0.457 e. The van der Waals surface area contributed by atoms with Crippen LogP contribution in [-0.4, -0.2) is 5.97 Å². The van der Waals surface area contributed by atoms with E-state index in [4.69, 9.17) is 22.1 Å². The first-order valence-electron chi connectivity index (χ1n) is 5.53. The average molecular weight is 280 g/mol. The summed E-state index contributed by atoms with van der Waals surface area (Å²) in [4.78, 5) is 11.7. The molecule has 2 aromatic rings. The minimum atomic E-state index is -0.539. The minimum absolute atomic E-state index is 0.0166. The number of anilines is 1. The lowest BCUT2D eigenvalue weighted by atomic mass is 10.2. The molecule has 0 fully saturated rings. The van der Waals surface area contributed by atoms with Gasteiger partial charge in [-0.2, -0.15) is 0 Å². The van der Waals surface area contributed by atoms with E-state index in [1.54, 1.807) is 30.3 Å². The van der Waals surface area contributed by atoms with Gasteiger partial charge in [-0.05, 0) is 42.0 Å². The van der Waals surface area contributed by atoms with Gasteiger partial charge in [0.15, 0.2) is 0 Å². The molecule has 0 unspecified atom stereocenters. The fourth-order valence-electron chi connectivity index (χ4n) is 1.48. The number of hydrogen-bond acceptors (Lipinski definition) is 3. The highest BCUT2D eigenvalue weighted by molar-refractivity contribution is 6.30. The highest BCUT2D eigenvalue weighted by atomic mass is 35.5. The van der Waals surface area contributed by atoms with Crippen molar-refractivity contribution in [1.29, 1.82) is 0 Å². The molecule has 0 saturated carbocycles. The second-order valence-corrected chi connectivity index (χ2v) is 4.35. The summed E-state index contributed by atoms with van der Waals surface area (Å²) in [7, 11) is 0. The Morgan fingerprint density at radius 2 is 1.89 bits per heavy atom. The summed E-state index contributed by atoms with van der Waals surface area (Å²) in [6.45, 7) is -0.0166. The van der Waals surface area contributed by atoms with E-state index in [9.17, 15) is 9.18 Å². The van der Waals surface area contributed by atoms with Gasteiger partial charge in [0.1, 0.15) is 12.4 Å². The lowest BCUT2D eigenvalue weighted by Gasteiger charge is -2.06. The molecule has 0 aliphatic carbocycles. The molecule has 0 radical (unpaired) electrons. The van der Waals surface area contributed by atoms with Crippen molar-refractivity contribution in [2.75, 3.05) is 5.73 Å². The lowest BCUT2D eigenvalue weighted by molar-refractivity contribution is 0.0472. The molecule has 0 aromatic heterocycles. The summed E-state index contributed by atoms with van der Waals surface area (Å²) >= 11 is 5.56. The van der Waals surface area contributed by atoms with Gasteiger partial charge in [0.25, 0.3) is 0 Å². The van der Waals surface area contributed by atoms with Crippen molar-refractivity contribution < 1.29 is 13.9 Å². The zero-order valence-corrected chi connectivity index (χ0v) is 10.7. The standard InChI is InChI=1S/C14H11ClFNO2/c15-12-6-1-9(7-13(12)16)8-19-14(18)10-2-4-11(17)5-3-10/h1-7H,8,17H2. The summed E-state index contributed by atoms with van der Waals surface area (Å²) in [6.07, 6.45) is 0. The molecule has 3 nitrogen and oxygen atoms in total. The number of nitrogen functional groups attached to an aromatic ring is 1. The van der Waals surface area contributed by atoms with E-state index in [0.717, 1.165) is 0 Å². The molecule has 0 heterocycles. The SMILES string of the molecule is Nc1ccc(C(=O)OCc2ccc(Cl)c(F)c2)cc1. The normalized spacial score (nSPS) is 10.2.